The van der Waals surface area contributed by atoms with E-state index in [0.717, 1.165) is 11.1 Å². The molecule has 4 rings (SSSR count). The zero-order valence-electron chi connectivity index (χ0n) is 28.1. The summed E-state index contributed by atoms with van der Waals surface area (Å²) in [5, 5.41) is 18.5. The smallest absolute Gasteiger partial charge is 0.408 e. The van der Waals surface area contributed by atoms with Crippen LogP contribution in [0.4, 0.5) is 4.79 Å². The normalized spacial score (nSPS) is 13.1. The molecule has 258 valence electrons. The van der Waals surface area contributed by atoms with Crippen molar-refractivity contribution in [3.8, 4) is 0 Å². The molecule has 4 amide bonds. The van der Waals surface area contributed by atoms with Crippen LogP contribution in [-0.4, -0.2) is 82.2 Å². The molecule has 0 spiro atoms. The molecule has 3 atom stereocenters. The van der Waals surface area contributed by atoms with Crippen LogP contribution in [0.3, 0.4) is 0 Å². The van der Waals surface area contributed by atoms with Gasteiger partial charge in [0, 0.05) is 38.0 Å². The summed E-state index contributed by atoms with van der Waals surface area (Å²) in [6, 6.07) is 22.1. The summed E-state index contributed by atoms with van der Waals surface area (Å²) in [5.41, 5.74) is 2.05. The second kappa shape index (κ2) is 16.6. The van der Waals surface area contributed by atoms with Crippen LogP contribution in [0.2, 0.25) is 0 Å². The molecular weight excluding hydrogens is 626 g/mol. The Balaban J connectivity index is 1.64. The number of aliphatic hydroxyl groups is 1. The van der Waals surface area contributed by atoms with Crippen molar-refractivity contribution in [3.63, 3.8) is 0 Å². The van der Waals surface area contributed by atoms with Crippen molar-refractivity contribution in [1.29, 1.82) is 0 Å². The maximum absolute atomic E-state index is 14.2. The zero-order chi connectivity index (χ0) is 35.6. The molecule has 0 aliphatic heterocycles. The van der Waals surface area contributed by atoms with E-state index in [0.29, 0.717) is 29.4 Å². The number of amides is 4. The van der Waals surface area contributed by atoms with E-state index < -0.39 is 48.2 Å². The molecule has 0 saturated carbocycles. The second-order valence-corrected chi connectivity index (χ2v) is 12.8. The van der Waals surface area contributed by atoms with Gasteiger partial charge in [0.2, 0.25) is 24.1 Å². The molecule has 0 saturated heterocycles. The quantitative estimate of drug-likeness (QED) is 0.150. The topological polar surface area (TPSA) is 159 Å². The van der Waals surface area contributed by atoms with E-state index in [2.05, 4.69) is 16.0 Å². The van der Waals surface area contributed by atoms with Gasteiger partial charge in [0.15, 0.2) is 0 Å². The molecule has 0 fully saturated rings. The summed E-state index contributed by atoms with van der Waals surface area (Å²) < 4.78 is 6.61. The number of hydrogen-bond donors (Lipinski definition) is 4. The van der Waals surface area contributed by atoms with Crippen LogP contribution < -0.4 is 16.0 Å². The Kier molecular flexibility index (Phi) is 12.3. The van der Waals surface area contributed by atoms with Gasteiger partial charge in [0.05, 0.1) is 12.1 Å². The van der Waals surface area contributed by atoms with Crippen LogP contribution in [0.1, 0.15) is 37.5 Å². The lowest BCUT2D eigenvalue weighted by Gasteiger charge is -2.28. The summed E-state index contributed by atoms with van der Waals surface area (Å²) in [7, 11) is 1.65. The monoisotopic (exact) mass is 669 g/mol. The predicted octanol–water partition coefficient (Wildman–Crippen LogP) is 2.98. The first kappa shape index (κ1) is 36.3. The number of para-hydroxylation sites is 1. The maximum atomic E-state index is 14.2. The van der Waals surface area contributed by atoms with Crippen molar-refractivity contribution < 1.29 is 33.8 Å². The number of aromatic nitrogens is 1. The number of hydrogen-bond acceptors (Lipinski definition) is 7. The molecule has 0 aliphatic carbocycles. The van der Waals surface area contributed by atoms with E-state index in [1.54, 1.807) is 58.3 Å². The average molecular weight is 670 g/mol. The highest BCUT2D eigenvalue weighted by Crippen LogP contribution is 2.22. The van der Waals surface area contributed by atoms with E-state index in [4.69, 9.17) is 4.74 Å². The number of nitrogens with one attached hydrogen (secondary N) is 3. The molecule has 12 nitrogen and oxygen atoms in total. The molecular formula is C37H43N5O7. The highest BCUT2D eigenvalue weighted by molar-refractivity contribution is 5.95. The van der Waals surface area contributed by atoms with E-state index in [1.165, 1.54) is 9.47 Å². The van der Waals surface area contributed by atoms with Crippen LogP contribution in [-0.2, 0) is 43.3 Å². The zero-order valence-corrected chi connectivity index (χ0v) is 28.1. The molecule has 3 unspecified atom stereocenters. The van der Waals surface area contributed by atoms with Gasteiger partial charge < -0.3 is 30.7 Å². The Morgan fingerprint density at radius 3 is 1.98 bits per heavy atom. The maximum Gasteiger partial charge on any atom is 0.408 e. The van der Waals surface area contributed by atoms with Gasteiger partial charge in [0.1, 0.15) is 23.7 Å². The number of carbonyl (C=O) groups is 5. The van der Waals surface area contributed by atoms with Gasteiger partial charge in [0.25, 0.3) is 0 Å². The fraction of sp³-hybridized carbons (Fsp3) is 0.324. The highest BCUT2D eigenvalue weighted by Gasteiger charge is 2.32. The summed E-state index contributed by atoms with van der Waals surface area (Å²) in [6.07, 6.45) is 1.40. The predicted molar refractivity (Wildman–Crippen MR) is 185 cm³/mol. The molecule has 4 aromatic rings. The Labute approximate surface area is 285 Å². The second-order valence-electron chi connectivity index (χ2n) is 12.8. The molecule has 1 heterocycles. The number of benzene rings is 3. The Morgan fingerprint density at radius 2 is 1.37 bits per heavy atom. The summed E-state index contributed by atoms with van der Waals surface area (Å²) in [6.45, 7) is 4.49. The number of carbonyl (C=O) groups excluding carboxylic acids is 5. The summed E-state index contributed by atoms with van der Waals surface area (Å²) in [4.78, 5) is 67.3. The minimum Gasteiger partial charge on any atom is -0.444 e. The Bertz CT molecular complexity index is 1750. The number of likely N-dealkylation sites (N-methyl/N-ethyl adjacent to an activating group) is 1. The SMILES string of the molecule is CN(Cc1ccccc1)C(=O)C(Cc1ccccc1)NC(=O)C(Cc1cn(C=O)c2ccccc12)NC(=O)C(CO)NC(=O)OC(C)(C)C. The molecule has 4 N–H and O–H groups in total. The molecule has 0 aliphatic rings. The molecule has 49 heavy (non-hydrogen) atoms. The van der Waals surface area contributed by atoms with Gasteiger partial charge in [-0.15, -0.1) is 0 Å². The van der Waals surface area contributed by atoms with Crippen molar-refractivity contribution in [2.75, 3.05) is 13.7 Å². The van der Waals surface area contributed by atoms with Gasteiger partial charge in [-0.1, -0.05) is 78.9 Å². The fourth-order valence-corrected chi connectivity index (χ4v) is 5.40. The lowest BCUT2D eigenvalue weighted by Crippen LogP contribution is -2.58. The standard InChI is InChI=1S/C37H43N5O7/c1-37(2,3)49-36(48)40-31(23-43)34(46)38-29(20-27-22-42(24-44)32-18-12-11-17-28(27)32)33(45)39-30(19-25-13-7-5-8-14-25)35(47)41(4)21-26-15-9-6-10-16-26/h5-18,22,24,29-31,43H,19-21,23H2,1-4H3,(H,38,46)(H,39,45)(H,40,48). The highest BCUT2D eigenvalue weighted by atomic mass is 16.6. The van der Waals surface area contributed by atoms with Crippen molar-refractivity contribution in [2.45, 2.75) is 63.9 Å². The van der Waals surface area contributed by atoms with Crippen LogP contribution in [0.25, 0.3) is 10.9 Å². The van der Waals surface area contributed by atoms with Crippen molar-refractivity contribution in [3.05, 3.63) is 108 Å². The summed E-state index contributed by atoms with van der Waals surface area (Å²) >= 11 is 0. The van der Waals surface area contributed by atoms with Gasteiger partial charge in [-0.2, -0.15) is 0 Å². The van der Waals surface area contributed by atoms with E-state index in [-0.39, 0.29) is 18.7 Å². The number of fused-ring (bicyclic) bond motifs is 1. The van der Waals surface area contributed by atoms with Gasteiger partial charge in [-0.25, -0.2) is 4.79 Å². The van der Waals surface area contributed by atoms with E-state index in [1.807, 2.05) is 60.7 Å². The van der Waals surface area contributed by atoms with Crippen molar-refractivity contribution >= 4 is 41.1 Å². The third-order valence-electron chi connectivity index (χ3n) is 7.72. The van der Waals surface area contributed by atoms with Crippen molar-refractivity contribution in [1.82, 2.24) is 25.4 Å². The van der Waals surface area contributed by atoms with E-state index >= 15 is 0 Å². The first-order valence-electron chi connectivity index (χ1n) is 16.0. The van der Waals surface area contributed by atoms with Crippen LogP contribution in [0.15, 0.2) is 91.1 Å². The van der Waals surface area contributed by atoms with Gasteiger partial charge in [-0.3, -0.25) is 23.7 Å². The number of nitrogens with zero attached hydrogens (tertiary/aromatic N) is 2. The van der Waals surface area contributed by atoms with Gasteiger partial charge in [-0.05, 0) is 43.5 Å². The largest absolute Gasteiger partial charge is 0.444 e. The number of aliphatic hydroxyl groups excluding tert-OH is 1. The lowest BCUT2D eigenvalue weighted by atomic mass is 10.0. The average Bonchev–Trinajstić information content (AvgIpc) is 3.43. The van der Waals surface area contributed by atoms with E-state index in [9.17, 15) is 29.1 Å². The number of rotatable bonds is 14. The van der Waals surface area contributed by atoms with Gasteiger partial charge >= 0.3 is 6.09 Å². The Hall–Kier alpha value is -5.49. The fourth-order valence-electron chi connectivity index (χ4n) is 5.40. The van der Waals surface area contributed by atoms with Crippen LogP contribution >= 0.6 is 0 Å². The molecule has 12 heteroatoms. The minimum atomic E-state index is -1.44. The van der Waals surface area contributed by atoms with Crippen LogP contribution in [0.5, 0.6) is 0 Å². The molecule has 0 radical (unpaired) electrons. The number of alkyl carbamates (subject to hydrolysis) is 1. The molecule has 3 aromatic carbocycles. The summed E-state index contributed by atoms with van der Waals surface area (Å²) in [5.74, 6) is -1.86. The number of ether oxygens (including phenoxy) is 1. The first-order chi connectivity index (χ1) is 23.4. The lowest BCUT2D eigenvalue weighted by molar-refractivity contribution is -0.137. The van der Waals surface area contributed by atoms with Crippen LogP contribution in [0, 0.1) is 0 Å². The Morgan fingerprint density at radius 1 is 0.796 bits per heavy atom. The third-order valence-corrected chi connectivity index (χ3v) is 7.72. The minimum absolute atomic E-state index is 0.0738. The van der Waals surface area contributed by atoms with Crippen molar-refractivity contribution in [2.24, 2.45) is 0 Å². The first-order valence-corrected chi connectivity index (χ1v) is 16.0. The molecule has 0 bridgehead atoms. The third kappa shape index (κ3) is 10.2. The molecule has 1 aromatic heterocycles.